The molecular weight excluding hydrogens is 322 g/mol. The van der Waals surface area contributed by atoms with Crippen molar-refractivity contribution in [2.45, 2.75) is 40.0 Å². The second-order valence-electron chi connectivity index (χ2n) is 4.88. The third-order valence-electron chi connectivity index (χ3n) is 2.77. The van der Waals surface area contributed by atoms with E-state index in [1.807, 2.05) is 13.0 Å². The number of aromatic nitrogens is 2. The molecule has 0 aliphatic rings. The Hall–Kier alpha value is -1.40. The Kier molecular flexibility index (Phi) is 5.14. The van der Waals surface area contributed by atoms with Crippen molar-refractivity contribution in [2.24, 2.45) is 0 Å². The van der Waals surface area contributed by atoms with Crippen LogP contribution >= 0.6 is 15.9 Å². The van der Waals surface area contributed by atoms with Gasteiger partial charge in [-0.05, 0) is 24.6 Å². The van der Waals surface area contributed by atoms with Gasteiger partial charge in [-0.3, -0.25) is 0 Å². The second kappa shape index (κ2) is 6.85. The highest BCUT2D eigenvalue weighted by molar-refractivity contribution is 9.10. The minimum atomic E-state index is 0.299. The Morgan fingerprint density at radius 2 is 2.20 bits per heavy atom. The number of hydrogen-bond donors (Lipinski definition) is 1. The van der Waals surface area contributed by atoms with Crippen LogP contribution in [0.5, 0.6) is 5.75 Å². The first-order valence-corrected chi connectivity index (χ1v) is 7.26. The molecule has 0 fully saturated rings. The molecule has 0 bridgehead atoms. The van der Waals surface area contributed by atoms with Gasteiger partial charge in [0.1, 0.15) is 5.75 Å². The zero-order valence-electron chi connectivity index (χ0n) is 11.8. The molecule has 0 saturated heterocycles. The molecule has 2 aromatic rings. The molecule has 1 N–H and O–H groups in total. The van der Waals surface area contributed by atoms with E-state index < -0.39 is 0 Å². The van der Waals surface area contributed by atoms with E-state index >= 15 is 0 Å². The van der Waals surface area contributed by atoms with Crippen molar-refractivity contribution in [1.82, 2.24) is 15.5 Å². The third-order valence-corrected chi connectivity index (χ3v) is 3.23. The van der Waals surface area contributed by atoms with E-state index in [9.17, 15) is 0 Å². The fourth-order valence-corrected chi connectivity index (χ4v) is 2.46. The molecule has 5 nitrogen and oxygen atoms in total. The quantitative estimate of drug-likeness (QED) is 0.875. The monoisotopic (exact) mass is 339 g/mol. The predicted molar refractivity (Wildman–Crippen MR) is 79.5 cm³/mol. The maximum Gasteiger partial charge on any atom is 0.213 e. The number of nitrogens with zero attached hydrogens (tertiary/aromatic N) is 2. The molecular formula is C14H18BrN3O2. The van der Waals surface area contributed by atoms with E-state index in [0.29, 0.717) is 18.5 Å². The van der Waals surface area contributed by atoms with Crippen molar-refractivity contribution < 1.29 is 9.26 Å². The Morgan fingerprint density at radius 1 is 1.40 bits per heavy atom. The van der Waals surface area contributed by atoms with Gasteiger partial charge in [0.25, 0.3) is 0 Å². The fourth-order valence-electron chi connectivity index (χ4n) is 1.84. The summed E-state index contributed by atoms with van der Waals surface area (Å²) in [6.45, 7) is 7.30. The molecule has 20 heavy (non-hydrogen) atoms. The molecule has 0 aliphatic heterocycles. The molecule has 0 aliphatic carbocycles. The van der Waals surface area contributed by atoms with Gasteiger partial charge in [0.2, 0.25) is 12.2 Å². The van der Waals surface area contributed by atoms with Gasteiger partial charge in [0, 0.05) is 22.6 Å². The van der Waals surface area contributed by atoms with Gasteiger partial charge in [-0.15, -0.1) is 0 Å². The molecule has 0 atom stereocenters. The fraction of sp³-hybridized carbons (Fsp3) is 0.429. The van der Waals surface area contributed by atoms with E-state index in [2.05, 4.69) is 51.3 Å². The van der Waals surface area contributed by atoms with Crippen molar-refractivity contribution >= 4 is 15.9 Å². The average molecular weight is 340 g/mol. The molecule has 1 aromatic carbocycles. The van der Waals surface area contributed by atoms with Crippen molar-refractivity contribution in [2.75, 3.05) is 0 Å². The number of benzene rings is 1. The topological polar surface area (TPSA) is 60.2 Å². The van der Waals surface area contributed by atoms with Crippen LogP contribution in [0, 0.1) is 6.92 Å². The summed E-state index contributed by atoms with van der Waals surface area (Å²) < 4.78 is 11.6. The lowest BCUT2D eigenvalue weighted by atomic mass is 10.1. The SMILES string of the molecule is Cc1cc(Br)cc(CNC(C)C)c1OCc1ncon1. The van der Waals surface area contributed by atoms with Crippen molar-refractivity contribution in [1.29, 1.82) is 0 Å². The number of halogens is 1. The normalized spacial score (nSPS) is 11.1. The molecule has 0 spiro atoms. The number of aryl methyl sites for hydroxylation is 1. The highest BCUT2D eigenvalue weighted by Gasteiger charge is 2.11. The van der Waals surface area contributed by atoms with Gasteiger partial charge in [0.05, 0.1) is 0 Å². The van der Waals surface area contributed by atoms with E-state index in [-0.39, 0.29) is 0 Å². The first-order valence-electron chi connectivity index (χ1n) is 6.46. The van der Waals surface area contributed by atoms with Crippen LogP contribution in [0.3, 0.4) is 0 Å². The maximum atomic E-state index is 5.85. The van der Waals surface area contributed by atoms with Gasteiger partial charge in [0.15, 0.2) is 6.61 Å². The van der Waals surface area contributed by atoms with Crippen molar-refractivity contribution in [3.8, 4) is 5.75 Å². The molecule has 0 saturated carbocycles. The predicted octanol–water partition coefficient (Wildman–Crippen LogP) is 3.22. The number of ether oxygens (including phenoxy) is 1. The molecule has 108 valence electrons. The lowest BCUT2D eigenvalue weighted by Gasteiger charge is -2.16. The summed E-state index contributed by atoms with van der Waals surface area (Å²) in [5, 5.41) is 7.15. The third kappa shape index (κ3) is 4.05. The van der Waals surface area contributed by atoms with Crippen LogP contribution in [-0.4, -0.2) is 16.2 Å². The lowest BCUT2D eigenvalue weighted by Crippen LogP contribution is -2.22. The van der Waals surface area contributed by atoms with Crippen LogP contribution in [0.25, 0.3) is 0 Å². The van der Waals surface area contributed by atoms with Gasteiger partial charge in [-0.25, -0.2) is 0 Å². The zero-order chi connectivity index (χ0) is 14.5. The smallest absolute Gasteiger partial charge is 0.213 e. The van der Waals surface area contributed by atoms with Gasteiger partial charge in [-0.2, -0.15) is 4.98 Å². The van der Waals surface area contributed by atoms with E-state index in [1.54, 1.807) is 0 Å². The highest BCUT2D eigenvalue weighted by atomic mass is 79.9. The average Bonchev–Trinajstić information content (AvgIpc) is 2.88. The van der Waals surface area contributed by atoms with Crippen LogP contribution in [0.1, 0.15) is 30.8 Å². The molecule has 0 amide bonds. The summed E-state index contributed by atoms with van der Waals surface area (Å²) in [6.07, 6.45) is 1.30. The maximum absolute atomic E-state index is 5.85. The lowest BCUT2D eigenvalue weighted by molar-refractivity contribution is 0.281. The van der Waals surface area contributed by atoms with Crippen molar-refractivity contribution in [3.05, 3.63) is 40.0 Å². The highest BCUT2D eigenvalue weighted by Crippen LogP contribution is 2.28. The molecule has 2 rings (SSSR count). The summed E-state index contributed by atoms with van der Waals surface area (Å²) in [5.74, 6) is 1.40. The first kappa shape index (κ1) is 15.0. The molecule has 6 heteroatoms. The van der Waals surface area contributed by atoms with E-state index in [4.69, 9.17) is 9.26 Å². The van der Waals surface area contributed by atoms with Crippen LogP contribution in [0.2, 0.25) is 0 Å². The Balaban J connectivity index is 2.16. The van der Waals surface area contributed by atoms with E-state index in [0.717, 1.165) is 27.9 Å². The zero-order valence-corrected chi connectivity index (χ0v) is 13.4. The molecule has 1 aromatic heterocycles. The Bertz CT molecular complexity index is 556. The summed E-state index contributed by atoms with van der Waals surface area (Å²) >= 11 is 3.52. The number of nitrogens with one attached hydrogen (secondary N) is 1. The van der Waals surface area contributed by atoms with Gasteiger partial charge < -0.3 is 14.6 Å². The second-order valence-corrected chi connectivity index (χ2v) is 5.80. The summed E-state index contributed by atoms with van der Waals surface area (Å²) in [7, 11) is 0. The summed E-state index contributed by atoms with van der Waals surface area (Å²) in [5.41, 5.74) is 2.18. The molecule has 1 heterocycles. The van der Waals surface area contributed by atoms with Gasteiger partial charge in [-0.1, -0.05) is 34.9 Å². The first-order chi connectivity index (χ1) is 9.56. The van der Waals surface area contributed by atoms with Crippen LogP contribution < -0.4 is 10.1 Å². The van der Waals surface area contributed by atoms with Crippen molar-refractivity contribution in [3.63, 3.8) is 0 Å². The number of hydrogen-bond acceptors (Lipinski definition) is 5. The van der Waals surface area contributed by atoms with Crippen LogP contribution in [0.15, 0.2) is 27.5 Å². The summed E-state index contributed by atoms with van der Waals surface area (Å²) in [6, 6.07) is 4.51. The minimum absolute atomic E-state index is 0.299. The molecule has 0 radical (unpaired) electrons. The molecule has 0 unspecified atom stereocenters. The minimum Gasteiger partial charge on any atom is -0.485 e. The van der Waals surface area contributed by atoms with Gasteiger partial charge >= 0.3 is 0 Å². The van der Waals surface area contributed by atoms with Crippen LogP contribution in [-0.2, 0) is 13.2 Å². The Labute approximate surface area is 126 Å². The van der Waals surface area contributed by atoms with Crippen LogP contribution in [0.4, 0.5) is 0 Å². The van der Waals surface area contributed by atoms with E-state index in [1.165, 1.54) is 6.39 Å². The standard InChI is InChI=1S/C14H18BrN3O2/c1-9(2)16-6-11-5-12(15)4-10(3)14(11)19-7-13-17-8-20-18-13/h4-5,8-9,16H,6-7H2,1-3H3. The largest absolute Gasteiger partial charge is 0.485 e. The number of rotatable bonds is 6. The summed E-state index contributed by atoms with van der Waals surface area (Å²) in [4.78, 5) is 3.95. The Morgan fingerprint density at radius 3 is 2.85 bits per heavy atom.